The molecule has 5 heteroatoms. The maximum Gasteiger partial charge on any atom is 0.304 e. The van der Waals surface area contributed by atoms with Crippen LogP contribution in [0, 0.1) is 0 Å². The lowest BCUT2D eigenvalue weighted by Gasteiger charge is -2.41. The van der Waals surface area contributed by atoms with Crippen LogP contribution in [0.1, 0.15) is 32.8 Å². The van der Waals surface area contributed by atoms with Gasteiger partial charge >= 0.3 is 5.97 Å². The topological polar surface area (TPSA) is 63.3 Å². The summed E-state index contributed by atoms with van der Waals surface area (Å²) in [6.07, 6.45) is -0.0994. The van der Waals surface area contributed by atoms with Crippen LogP contribution >= 0.6 is 23.2 Å². The summed E-state index contributed by atoms with van der Waals surface area (Å²) >= 11 is 12.0. The van der Waals surface area contributed by atoms with Crippen molar-refractivity contribution in [1.82, 2.24) is 0 Å². The molecule has 1 aromatic rings. The number of carbonyl (C=O) groups is 1. The number of carboxylic acids is 1. The Morgan fingerprint density at radius 2 is 1.89 bits per heavy atom. The summed E-state index contributed by atoms with van der Waals surface area (Å²) in [4.78, 5) is 11.1. The van der Waals surface area contributed by atoms with Crippen LogP contribution in [0.25, 0.3) is 0 Å². The molecule has 0 bridgehead atoms. The van der Waals surface area contributed by atoms with E-state index in [0.717, 1.165) is 0 Å². The monoisotopic (exact) mass is 289 g/mol. The summed E-state index contributed by atoms with van der Waals surface area (Å²) in [7, 11) is 0. The van der Waals surface area contributed by atoms with Crippen molar-refractivity contribution >= 4 is 29.2 Å². The largest absolute Gasteiger partial charge is 0.481 e. The Balaban J connectivity index is 3.39. The second-order valence-electron chi connectivity index (χ2n) is 5.25. The van der Waals surface area contributed by atoms with Crippen molar-refractivity contribution in [2.24, 2.45) is 5.73 Å². The zero-order valence-corrected chi connectivity index (χ0v) is 12.1. The Morgan fingerprint density at radius 1 is 1.33 bits per heavy atom. The minimum Gasteiger partial charge on any atom is -0.481 e. The molecule has 0 saturated carbocycles. The lowest BCUT2D eigenvalue weighted by molar-refractivity contribution is -0.139. The van der Waals surface area contributed by atoms with E-state index in [0.29, 0.717) is 15.6 Å². The minimum absolute atomic E-state index is 0.0994. The van der Waals surface area contributed by atoms with Crippen LogP contribution in [0.3, 0.4) is 0 Å². The average molecular weight is 290 g/mol. The summed E-state index contributed by atoms with van der Waals surface area (Å²) in [5, 5.41) is 10.0. The second-order valence-corrected chi connectivity index (χ2v) is 6.09. The van der Waals surface area contributed by atoms with Gasteiger partial charge in [0.2, 0.25) is 0 Å². The fourth-order valence-electron chi connectivity index (χ4n) is 1.91. The third-order valence-electron chi connectivity index (χ3n) is 3.45. The first-order chi connectivity index (χ1) is 8.08. The molecule has 1 atom stereocenters. The maximum absolute atomic E-state index is 11.1. The Bertz CT molecular complexity index is 469. The summed E-state index contributed by atoms with van der Waals surface area (Å²) < 4.78 is 0. The first-order valence-electron chi connectivity index (χ1n) is 5.54. The lowest BCUT2D eigenvalue weighted by Crippen LogP contribution is -2.53. The van der Waals surface area contributed by atoms with Crippen LogP contribution in [-0.2, 0) is 10.2 Å². The summed E-state index contributed by atoms with van der Waals surface area (Å²) in [5.41, 5.74) is 5.33. The van der Waals surface area contributed by atoms with Crippen LogP contribution in [0.2, 0.25) is 10.0 Å². The SMILES string of the molecule is CC(C)(N)C(C)(CC(=O)O)c1ccc(Cl)cc1Cl. The van der Waals surface area contributed by atoms with E-state index >= 15 is 0 Å². The number of carboxylic acid groups (broad SMARTS) is 1. The second kappa shape index (κ2) is 5.08. The highest BCUT2D eigenvalue weighted by atomic mass is 35.5. The molecule has 0 heterocycles. The Labute approximate surface area is 117 Å². The molecular weight excluding hydrogens is 273 g/mol. The molecule has 100 valence electrons. The lowest BCUT2D eigenvalue weighted by atomic mass is 9.66. The quantitative estimate of drug-likeness (QED) is 0.892. The molecule has 0 aliphatic heterocycles. The number of benzene rings is 1. The van der Waals surface area contributed by atoms with E-state index in [9.17, 15) is 4.79 Å². The summed E-state index contributed by atoms with van der Waals surface area (Å²) in [6.45, 7) is 5.39. The molecule has 0 saturated heterocycles. The van der Waals surface area contributed by atoms with Crippen molar-refractivity contribution in [3.63, 3.8) is 0 Å². The molecule has 0 aliphatic rings. The third kappa shape index (κ3) is 2.97. The molecule has 1 rings (SSSR count). The number of rotatable bonds is 4. The molecule has 18 heavy (non-hydrogen) atoms. The van der Waals surface area contributed by atoms with E-state index in [2.05, 4.69) is 0 Å². The number of aliphatic carboxylic acids is 1. The summed E-state index contributed by atoms with van der Waals surface area (Å²) in [6, 6.07) is 5.03. The molecule has 3 N–H and O–H groups in total. The van der Waals surface area contributed by atoms with Crippen molar-refractivity contribution in [1.29, 1.82) is 0 Å². The van der Waals surface area contributed by atoms with Gasteiger partial charge in [0, 0.05) is 21.0 Å². The molecule has 1 unspecified atom stereocenters. The number of hydrogen-bond donors (Lipinski definition) is 2. The van der Waals surface area contributed by atoms with Gasteiger partial charge in [-0.1, -0.05) is 36.2 Å². The van der Waals surface area contributed by atoms with Gasteiger partial charge in [-0.05, 0) is 31.5 Å². The van der Waals surface area contributed by atoms with E-state index < -0.39 is 16.9 Å². The van der Waals surface area contributed by atoms with Crippen LogP contribution in [0.15, 0.2) is 18.2 Å². The molecule has 0 spiro atoms. The molecule has 0 aliphatic carbocycles. The van der Waals surface area contributed by atoms with Gasteiger partial charge in [-0.3, -0.25) is 4.79 Å². The molecule has 0 aromatic heterocycles. The number of hydrogen-bond acceptors (Lipinski definition) is 2. The van der Waals surface area contributed by atoms with Crippen molar-refractivity contribution < 1.29 is 9.90 Å². The highest BCUT2D eigenvalue weighted by molar-refractivity contribution is 6.35. The highest BCUT2D eigenvalue weighted by Gasteiger charge is 2.42. The normalized spacial score (nSPS) is 15.2. The van der Waals surface area contributed by atoms with Gasteiger partial charge in [0.25, 0.3) is 0 Å². The van der Waals surface area contributed by atoms with Gasteiger partial charge in [-0.15, -0.1) is 0 Å². The first kappa shape index (κ1) is 15.3. The van der Waals surface area contributed by atoms with Crippen molar-refractivity contribution in [3.05, 3.63) is 33.8 Å². The van der Waals surface area contributed by atoms with Crippen molar-refractivity contribution in [2.75, 3.05) is 0 Å². The Kier molecular flexibility index (Phi) is 4.31. The number of halogens is 2. The molecular formula is C13H17Cl2NO2. The maximum atomic E-state index is 11.1. The molecule has 0 fully saturated rings. The fraction of sp³-hybridized carbons (Fsp3) is 0.462. The van der Waals surface area contributed by atoms with Gasteiger partial charge in [-0.25, -0.2) is 0 Å². The van der Waals surface area contributed by atoms with Gasteiger partial charge in [-0.2, -0.15) is 0 Å². The van der Waals surface area contributed by atoms with Crippen LogP contribution < -0.4 is 5.73 Å². The first-order valence-corrected chi connectivity index (χ1v) is 6.30. The van der Waals surface area contributed by atoms with E-state index in [1.807, 2.05) is 0 Å². The summed E-state index contributed by atoms with van der Waals surface area (Å²) in [5.74, 6) is -0.915. The van der Waals surface area contributed by atoms with E-state index in [1.54, 1.807) is 39.0 Å². The predicted octanol–water partition coefficient (Wildman–Crippen LogP) is 3.46. The van der Waals surface area contributed by atoms with Crippen molar-refractivity contribution in [2.45, 2.75) is 38.1 Å². The predicted molar refractivity (Wildman–Crippen MR) is 74.3 cm³/mol. The van der Waals surface area contributed by atoms with Gasteiger partial charge in [0.05, 0.1) is 6.42 Å². The van der Waals surface area contributed by atoms with E-state index in [4.69, 9.17) is 34.0 Å². The smallest absolute Gasteiger partial charge is 0.304 e. The fourth-order valence-corrected chi connectivity index (χ4v) is 2.53. The Morgan fingerprint density at radius 3 is 2.28 bits per heavy atom. The molecule has 3 nitrogen and oxygen atoms in total. The third-order valence-corrected chi connectivity index (χ3v) is 4.00. The Hall–Kier alpha value is -0.770. The van der Waals surface area contributed by atoms with Gasteiger partial charge < -0.3 is 10.8 Å². The highest BCUT2D eigenvalue weighted by Crippen LogP contribution is 2.41. The van der Waals surface area contributed by atoms with Crippen LogP contribution in [0.4, 0.5) is 0 Å². The van der Waals surface area contributed by atoms with Gasteiger partial charge in [0.1, 0.15) is 0 Å². The van der Waals surface area contributed by atoms with E-state index in [-0.39, 0.29) is 6.42 Å². The zero-order valence-electron chi connectivity index (χ0n) is 10.6. The van der Waals surface area contributed by atoms with Gasteiger partial charge in [0.15, 0.2) is 0 Å². The standard InChI is InChI=1S/C13H17Cl2NO2/c1-12(2,16)13(3,7-11(17)18)9-5-4-8(14)6-10(9)15/h4-6H,7,16H2,1-3H3,(H,17,18). The van der Waals surface area contributed by atoms with E-state index in [1.165, 1.54) is 0 Å². The molecule has 1 aromatic carbocycles. The average Bonchev–Trinajstić information content (AvgIpc) is 2.13. The van der Waals surface area contributed by atoms with Crippen LogP contribution in [0.5, 0.6) is 0 Å². The zero-order chi connectivity index (χ0) is 14.1. The molecule has 0 radical (unpaired) electrons. The minimum atomic E-state index is -0.915. The van der Waals surface area contributed by atoms with Crippen LogP contribution in [-0.4, -0.2) is 16.6 Å². The number of nitrogens with two attached hydrogens (primary N) is 1. The van der Waals surface area contributed by atoms with Crippen molar-refractivity contribution in [3.8, 4) is 0 Å². The molecule has 0 amide bonds.